The predicted octanol–water partition coefficient (Wildman–Crippen LogP) is 2.23. The number of carbonyl (C=O) groups excluding carboxylic acids is 3. The van der Waals surface area contributed by atoms with Crippen LogP contribution >= 0.6 is 0 Å². The first-order chi connectivity index (χ1) is 15.9. The Morgan fingerprint density at radius 3 is 2.12 bits per heavy atom. The molecule has 0 fully saturated rings. The summed E-state index contributed by atoms with van der Waals surface area (Å²) >= 11 is 0. The molecule has 0 spiro atoms. The maximum atomic E-state index is 12.6. The topological polar surface area (TPSA) is 125 Å². The van der Waals surface area contributed by atoms with Gasteiger partial charge in [-0.15, -0.1) is 0 Å². The van der Waals surface area contributed by atoms with E-state index in [4.69, 9.17) is 24.1 Å². The summed E-state index contributed by atoms with van der Waals surface area (Å²) in [5.41, 5.74) is 1.69. The Morgan fingerprint density at radius 2 is 1.42 bits per heavy atom. The lowest BCUT2D eigenvalue weighted by atomic mass is 9.96. The molecule has 0 radical (unpaired) electrons. The van der Waals surface area contributed by atoms with Crippen LogP contribution in [0.5, 0.6) is 0 Å². The van der Waals surface area contributed by atoms with Crippen molar-refractivity contribution in [2.45, 2.75) is 12.8 Å². The van der Waals surface area contributed by atoms with E-state index in [1.807, 2.05) is 6.07 Å². The second-order valence-corrected chi connectivity index (χ2v) is 6.93. The van der Waals surface area contributed by atoms with Gasteiger partial charge in [0.25, 0.3) is 0 Å². The van der Waals surface area contributed by atoms with Crippen LogP contribution in [0.2, 0.25) is 0 Å². The average Bonchev–Trinajstić information content (AvgIpc) is 2.83. The molecule has 1 atom stereocenters. The van der Waals surface area contributed by atoms with Crippen molar-refractivity contribution in [3.8, 4) is 0 Å². The van der Waals surface area contributed by atoms with Crippen LogP contribution in [0.25, 0.3) is 0 Å². The maximum absolute atomic E-state index is 12.6. The molecule has 0 aliphatic heterocycles. The van der Waals surface area contributed by atoms with Gasteiger partial charge in [-0.05, 0) is 18.6 Å². The fourth-order valence-electron chi connectivity index (χ4n) is 2.74. The maximum Gasteiger partial charge on any atom is 0.332 e. The number of carbonyl (C=O) groups is 4. The van der Waals surface area contributed by atoms with Gasteiger partial charge < -0.3 is 24.1 Å². The van der Waals surface area contributed by atoms with E-state index in [9.17, 15) is 19.2 Å². The van der Waals surface area contributed by atoms with Crippen LogP contribution in [0.4, 0.5) is 0 Å². The van der Waals surface area contributed by atoms with Crippen LogP contribution in [-0.4, -0.2) is 68.4 Å². The van der Waals surface area contributed by atoms with Crippen molar-refractivity contribution in [2.75, 3.05) is 39.6 Å². The number of esters is 2. The molecule has 0 saturated carbocycles. The van der Waals surface area contributed by atoms with Crippen molar-refractivity contribution in [3.63, 3.8) is 0 Å². The number of hydrogen-bond acceptors (Lipinski definition) is 8. The molecule has 0 unspecified atom stereocenters. The van der Waals surface area contributed by atoms with Crippen LogP contribution in [0.3, 0.4) is 0 Å². The van der Waals surface area contributed by atoms with Gasteiger partial charge in [-0.1, -0.05) is 48.5 Å². The first kappa shape index (κ1) is 25.7. The summed E-state index contributed by atoms with van der Waals surface area (Å²) in [5.74, 6) is -2.97. The molecular weight excluding hydrogens is 432 g/mol. The zero-order chi connectivity index (χ0) is 24.1. The number of ketones is 1. The lowest BCUT2D eigenvalue weighted by Gasteiger charge is -2.13. The normalized spacial score (nSPS) is 11.4. The summed E-state index contributed by atoms with van der Waals surface area (Å²) in [4.78, 5) is 46.7. The molecule has 0 amide bonds. The molecule has 9 heteroatoms. The minimum absolute atomic E-state index is 0.00436. The van der Waals surface area contributed by atoms with Gasteiger partial charge in [-0.25, -0.2) is 9.59 Å². The number of benzene rings is 2. The largest absolute Gasteiger partial charge is 0.480 e. The molecule has 0 heterocycles. The lowest BCUT2D eigenvalue weighted by molar-refractivity contribution is -0.153. The Kier molecular flexibility index (Phi) is 10.7. The van der Waals surface area contributed by atoms with E-state index < -0.39 is 30.4 Å². The number of ether oxygens (including phenoxy) is 4. The van der Waals surface area contributed by atoms with E-state index in [-0.39, 0.29) is 38.8 Å². The highest BCUT2D eigenvalue weighted by molar-refractivity contribution is 6.09. The van der Waals surface area contributed by atoms with E-state index in [1.54, 1.807) is 55.5 Å². The van der Waals surface area contributed by atoms with Gasteiger partial charge in [0.2, 0.25) is 0 Å². The first-order valence-electron chi connectivity index (χ1n) is 10.3. The zero-order valence-corrected chi connectivity index (χ0v) is 18.2. The first-order valence-corrected chi connectivity index (χ1v) is 10.3. The number of carboxylic acid groups (broad SMARTS) is 1. The number of aliphatic carboxylic acids is 1. The van der Waals surface area contributed by atoms with Gasteiger partial charge in [-0.3, -0.25) is 9.59 Å². The van der Waals surface area contributed by atoms with Crippen molar-refractivity contribution in [2.24, 2.45) is 0 Å². The molecule has 176 valence electrons. The van der Waals surface area contributed by atoms with Crippen molar-refractivity contribution < 1.29 is 43.2 Å². The molecule has 2 aromatic rings. The number of hydrogen-bond donors (Lipinski definition) is 1. The second kappa shape index (κ2) is 13.8. The van der Waals surface area contributed by atoms with Crippen molar-refractivity contribution in [1.29, 1.82) is 0 Å². The van der Waals surface area contributed by atoms with Crippen LogP contribution in [0, 0.1) is 0 Å². The van der Waals surface area contributed by atoms with Crippen LogP contribution in [0.15, 0.2) is 54.6 Å². The van der Waals surface area contributed by atoms with Gasteiger partial charge >= 0.3 is 17.9 Å². The summed E-state index contributed by atoms with van der Waals surface area (Å²) in [7, 11) is 0. The third kappa shape index (κ3) is 9.22. The second-order valence-electron chi connectivity index (χ2n) is 6.93. The van der Waals surface area contributed by atoms with E-state index in [1.165, 1.54) is 0 Å². The van der Waals surface area contributed by atoms with E-state index in [2.05, 4.69) is 0 Å². The fraction of sp³-hybridized carbons (Fsp3) is 0.333. The molecule has 0 aliphatic rings. The number of rotatable bonds is 14. The van der Waals surface area contributed by atoms with Gasteiger partial charge in [-0.2, -0.15) is 0 Å². The van der Waals surface area contributed by atoms with Crippen molar-refractivity contribution in [1.82, 2.24) is 0 Å². The van der Waals surface area contributed by atoms with Crippen LogP contribution in [0.1, 0.15) is 34.3 Å². The third-order valence-corrected chi connectivity index (χ3v) is 4.45. The van der Waals surface area contributed by atoms with Crippen molar-refractivity contribution >= 4 is 23.7 Å². The third-order valence-electron chi connectivity index (χ3n) is 4.45. The van der Waals surface area contributed by atoms with Gasteiger partial charge in [0.15, 0.2) is 5.78 Å². The van der Waals surface area contributed by atoms with Gasteiger partial charge in [0.05, 0.1) is 19.1 Å². The molecule has 2 aromatic carbocycles. The summed E-state index contributed by atoms with van der Waals surface area (Å²) in [6, 6.07) is 15.7. The molecule has 2 rings (SSSR count). The van der Waals surface area contributed by atoms with Crippen LogP contribution in [-0.2, 0) is 33.3 Å². The summed E-state index contributed by atoms with van der Waals surface area (Å²) in [6.07, 6.45) is 0. The van der Waals surface area contributed by atoms with E-state index in [0.29, 0.717) is 16.7 Å². The Labute approximate surface area is 191 Å². The lowest BCUT2D eigenvalue weighted by Crippen LogP contribution is -2.20. The molecular formula is C24H26O9. The van der Waals surface area contributed by atoms with Gasteiger partial charge in [0.1, 0.15) is 26.4 Å². The summed E-state index contributed by atoms with van der Waals surface area (Å²) < 4.78 is 19.8. The Bertz CT molecular complexity index is 940. The zero-order valence-electron chi connectivity index (χ0n) is 18.2. The predicted molar refractivity (Wildman–Crippen MR) is 116 cm³/mol. The summed E-state index contributed by atoms with van der Waals surface area (Å²) in [5, 5.41) is 8.40. The minimum Gasteiger partial charge on any atom is -0.480 e. The standard InChI is InChI=1S/C24H26O9/c1-17(19-8-5-9-20(14-19)23(28)18-6-3-2-4-7-18)24(29)33-13-11-31-16-22(27)32-12-10-30-15-21(25)26/h2-9,14,17H,10-13,15-16H2,1H3,(H,25,26)/t17-/m1/s1. The molecule has 0 bridgehead atoms. The Hall–Kier alpha value is -3.56. The molecule has 9 nitrogen and oxygen atoms in total. The minimum atomic E-state index is -1.11. The van der Waals surface area contributed by atoms with Gasteiger partial charge in [0, 0.05) is 11.1 Å². The smallest absolute Gasteiger partial charge is 0.332 e. The molecule has 0 aromatic heterocycles. The number of carboxylic acids is 1. The monoisotopic (exact) mass is 458 g/mol. The van der Waals surface area contributed by atoms with Crippen LogP contribution < -0.4 is 0 Å². The quantitative estimate of drug-likeness (QED) is 0.258. The van der Waals surface area contributed by atoms with E-state index >= 15 is 0 Å². The highest BCUT2D eigenvalue weighted by atomic mass is 16.6. The SMILES string of the molecule is C[C@@H](C(=O)OCCOCC(=O)OCCOCC(=O)O)c1cccc(C(=O)c2ccccc2)c1. The average molecular weight is 458 g/mol. The highest BCUT2D eigenvalue weighted by Crippen LogP contribution is 2.20. The van der Waals surface area contributed by atoms with Crippen molar-refractivity contribution in [3.05, 3.63) is 71.3 Å². The van der Waals surface area contributed by atoms with E-state index in [0.717, 1.165) is 0 Å². The highest BCUT2D eigenvalue weighted by Gasteiger charge is 2.19. The molecule has 0 saturated heterocycles. The summed E-state index contributed by atoms with van der Waals surface area (Å²) in [6.45, 7) is 0.691. The fourth-order valence-corrected chi connectivity index (χ4v) is 2.74. The molecule has 1 N–H and O–H groups in total. The molecule has 0 aliphatic carbocycles. The Balaban J connectivity index is 1.70. The molecule has 33 heavy (non-hydrogen) atoms. The Morgan fingerprint density at radius 1 is 0.788 bits per heavy atom.